The number of hydrogen-bond donors (Lipinski definition) is 0. The monoisotopic (exact) mass is 304 g/mol. The summed E-state index contributed by atoms with van der Waals surface area (Å²) < 4.78 is 10.6. The van der Waals surface area contributed by atoms with E-state index in [0.29, 0.717) is 6.61 Å². The zero-order chi connectivity index (χ0) is 16.2. The second-order valence-electron chi connectivity index (χ2n) is 6.96. The Morgan fingerprint density at radius 2 is 2.05 bits per heavy atom. The van der Waals surface area contributed by atoms with E-state index in [4.69, 9.17) is 14.5 Å². The van der Waals surface area contributed by atoms with Gasteiger partial charge in [0.25, 0.3) is 0 Å². The first-order chi connectivity index (χ1) is 10.4. The van der Waals surface area contributed by atoms with Gasteiger partial charge in [-0.25, -0.2) is 0 Å². The molecule has 0 N–H and O–H groups in total. The van der Waals surface area contributed by atoms with Crippen LogP contribution in [-0.2, 0) is 17.7 Å². The SMILES string of the molecule is COC[C@@H](N=CN1CCc2cc(OC)ccc2C1)C(C)(C)C. The molecule has 0 bridgehead atoms. The molecule has 0 spiro atoms. The van der Waals surface area contributed by atoms with Crippen molar-refractivity contribution in [3.05, 3.63) is 29.3 Å². The lowest BCUT2D eigenvalue weighted by atomic mass is 9.88. The quantitative estimate of drug-likeness (QED) is 0.619. The van der Waals surface area contributed by atoms with Crippen LogP contribution in [0, 0.1) is 5.41 Å². The molecule has 0 amide bonds. The fraction of sp³-hybridized carbons (Fsp3) is 0.611. The van der Waals surface area contributed by atoms with Crippen LogP contribution in [0.2, 0.25) is 0 Å². The molecule has 4 heteroatoms. The Hall–Kier alpha value is -1.55. The predicted molar refractivity (Wildman–Crippen MR) is 90.7 cm³/mol. The molecule has 0 fully saturated rings. The number of methoxy groups -OCH3 is 2. The molecule has 2 rings (SSSR count). The first-order valence-corrected chi connectivity index (χ1v) is 7.86. The van der Waals surface area contributed by atoms with E-state index < -0.39 is 0 Å². The van der Waals surface area contributed by atoms with Crippen molar-refractivity contribution in [2.45, 2.75) is 39.8 Å². The summed E-state index contributed by atoms with van der Waals surface area (Å²) in [6.45, 7) is 9.16. The van der Waals surface area contributed by atoms with Crippen LogP contribution < -0.4 is 4.74 Å². The van der Waals surface area contributed by atoms with Crippen LogP contribution in [0.25, 0.3) is 0 Å². The van der Waals surface area contributed by atoms with Crippen LogP contribution in [0.15, 0.2) is 23.2 Å². The molecular weight excluding hydrogens is 276 g/mol. The zero-order valence-electron chi connectivity index (χ0n) is 14.4. The summed E-state index contributed by atoms with van der Waals surface area (Å²) in [5.41, 5.74) is 2.85. The van der Waals surface area contributed by atoms with Gasteiger partial charge in [-0.1, -0.05) is 26.8 Å². The summed E-state index contributed by atoms with van der Waals surface area (Å²) in [5, 5.41) is 0. The van der Waals surface area contributed by atoms with Gasteiger partial charge in [-0.2, -0.15) is 0 Å². The van der Waals surface area contributed by atoms with Crippen molar-refractivity contribution in [1.29, 1.82) is 0 Å². The van der Waals surface area contributed by atoms with Gasteiger partial charge in [-0.15, -0.1) is 0 Å². The molecule has 0 saturated carbocycles. The van der Waals surface area contributed by atoms with Gasteiger partial charge in [0.05, 0.1) is 26.1 Å². The molecule has 4 nitrogen and oxygen atoms in total. The molecule has 1 aliphatic heterocycles. The summed E-state index contributed by atoms with van der Waals surface area (Å²) in [5.74, 6) is 0.939. The number of rotatable bonds is 5. The van der Waals surface area contributed by atoms with Gasteiger partial charge in [0.1, 0.15) is 5.75 Å². The van der Waals surface area contributed by atoms with E-state index >= 15 is 0 Å². The summed E-state index contributed by atoms with van der Waals surface area (Å²) >= 11 is 0. The van der Waals surface area contributed by atoms with Crippen molar-refractivity contribution < 1.29 is 9.47 Å². The minimum atomic E-state index is 0.105. The van der Waals surface area contributed by atoms with Crippen LogP contribution in [0.1, 0.15) is 31.9 Å². The third-order valence-electron chi connectivity index (χ3n) is 4.19. The fourth-order valence-electron chi connectivity index (χ4n) is 2.63. The zero-order valence-corrected chi connectivity index (χ0v) is 14.4. The molecule has 0 aromatic heterocycles. The van der Waals surface area contributed by atoms with E-state index in [1.807, 2.05) is 12.4 Å². The van der Waals surface area contributed by atoms with Crippen LogP contribution in [0.5, 0.6) is 5.75 Å². The highest BCUT2D eigenvalue weighted by atomic mass is 16.5. The normalized spacial score (nSPS) is 16.7. The van der Waals surface area contributed by atoms with Gasteiger partial charge < -0.3 is 14.4 Å². The molecule has 1 heterocycles. The van der Waals surface area contributed by atoms with Crippen LogP contribution in [0.4, 0.5) is 0 Å². The van der Waals surface area contributed by atoms with Crippen molar-refractivity contribution in [1.82, 2.24) is 4.90 Å². The summed E-state index contributed by atoms with van der Waals surface area (Å²) in [6.07, 6.45) is 3.03. The predicted octanol–water partition coefficient (Wildman–Crippen LogP) is 3.14. The molecule has 1 aromatic rings. The Kier molecular flexibility index (Phi) is 5.46. The molecule has 0 aliphatic carbocycles. The first-order valence-electron chi connectivity index (χ1n) is 7.86. The smallest absolute Gasteiger partial charge is 0.119 e. The van der Waals surface area contributed by atoms with Crippen molar-refractivity contribution in [3.63, 3.8) is 0 Å². The maximum absolute atomic E-state index is 5.31. The van der Waals surface area contributed by atoms with Crippen LogP contribution >= 0.6 is 0 Å². The van der Waals surface area contributed by atoms with Crippen LogP contribution in [-0.4, -0.2) is 44.7 Å². The standard InChI is InChI=1S/C18H28N2O2/c1-18(2,3)17(12-21-4)19-13-20-9-8-14-10-16(22-5)7-6-15(14)11-20/h6-7,10,13,17H,8-9,11-12H2,1-5H3/t17-/m1/s1. The molecule has 22 heavy (non-hydrogen) atoms. The van der Waals surface area contributed by atoms with Gasteiger partial charge in [0, 0.05) is 20.2 Å². The molecule has 1 aliphatic rings. The third kappa shape index (κ3) is 4.23. The Balaban J connectivity index is 2.04. The Labute approximate surface area is 134 Å². The molecule has 0 saturated heterocycles. The molecule has 122 valence electrons. The van der Waals surface area contributed by atoms with Crippen molar-refractivity contribution in [3.8, 4) is 5.75 Å². The average molecular weight is 304 g/mol. The minimum absolute atomic E-state index is 0.105. The average Bonchev–Trinajstić information content (AvgIpc) is 2.49. The number of hydrogen-bond acceptors (Lipinski definition) is 3. The number of fused-ring (bicyclic) bond motifs is 1. The lowest BCUT2D eigenvalue weighted by Crippen LogP contribution is -2.33. The van der Waals surface area contributed by atoms with Crippen molar-refractivity contribution >= 4 is 6.34 Å². The van der Waals surface area contributed by atoms with Gasteiger partial charge >= 0.3 is 0 Å². The number of benzene rings is 1. The van der Waals surface area contributed by atoms with Gasteiger partial charge in [0.15, 0.2) is 0 Å². The maximum Gasteiger partial charge on any atom is 0.119 e. The number of ether oxygens (including phenoxy) is 2. The lowest BCUT2D eigenvalue weighted by Gasteiger charge is -2.30. The van der Waals surface area contributed by atoms with E-state index in [2.05, 4.69) is 37.8 Å². The Morgan fingerprint density at radius 1 is 1.27 bits per heavy atom. The fourth-order valence-corrected chi connectivity index (χ4v) is 2.63. The minimum Gasteiger partial charge on any atom is -0.497 e. The lowest BCUT2D eigenvalue weighted by molar-refractivity contribution is 0.135. The Morgan fingerprint density at radius 3 is 2.68 bits per heavy atom. The maximum atomic E-state index is 5.31. The van der Waals surface area contributed by atoms with E-state index in [0.717, 1.165) is 25.3 Å². The second kappa shape index (κ2) is 7.14. The van der Waals surface area contributed by atoms with Gasteiger partial charge in [0.2, 0.25) is 0 Å². The van der Waals surface area contributed by atoms with E-state index in [9.17, 15) is 0 Å². The first kappa shape index (κ1) is 16.8. The van der Waals surface area contributed by atoms with Gasteiger partial charge in [-0.3, -0.25) is 4.99 Å². The molecule has 0 radical (unpaired) electrons. The highest BCUT2D eigenvalue weighted by Crippen LogP contribution is 2.24. The van der Waals surface area contributed by atoms with Crippen LogP contribution in [0.3, 0.4) is 0 Å². The largest absolute Gasteiger partial charge is 0.497 e. The molecular formula is C18H28N2O2. The third-order valence-corrected chi connectivity index (χ3v) is 4.19. The highest BCUT2D eigenvalue weighted by molar-refractivity contribution is 5.57. The van der Waals surface area contributed by atoms with E-state index in [1.165, 1.54) is 11.1 Å². The highest BCUT2D eigenvalue weighted by Gasteiger charge is 2.24. The van der Waals surface area contributed by atoms with E-state index in [1.54, 1.807) is 14.2 Å². The summed E-state index contributed by atoms with van der Waals surface area (Å²) in [7, 11) is 3.45. The van der Waals surface area contributed by atoms with E-state index in [-0.39, 0.29) is 11.5 Å². The topological polar surface area (TPSA) is 34.1 Å². The molecule has 0 unspecified atom stereocenters. The molecule has 1 aromatic carbocycles. The Bertz CT molecular complexity index is 520. The second-order valence-corrected chi connectivity index (χ2v) is 6.96. The summed E-state index contributed by atoms with van der Waals surface area (Å²) in [6, 6.07) is 6.51. The number of aliphatic imine (C=N–C) groups is 1. The van der Waals surface area contributed by atoms with Crippen molar-refractivity contribution in [2.75, 3.05) is 27.4 Å². The summed E-state index contributed by atoms with van der Waals surface area (Å²) in [4.78, 5) is 7.05. The van der Waals surface area contributed by atoms with Crippen molar-refractivity contribution in [2.24, 2.45) is 10.4 Å². The molecule has 1 atom stereocenters. The van der Waals surface area contributed by atoms with Gasteiger partial charge in [-0.05, 0) is 35.1 Å². The number of nitrogens with zero attached hydrogens (tertiary/aromatic N) is 2.